The van der Waals surface area contributed by atoms with Gasteiger partial charge in [-0.2, -0.15) is 0 Å². The number of nitrogens with zero attached hydrogens (tertiary/aromatic N) is 2. The van der Waals surface area contributed by atoms with Crippen LogP contribution in [0.3, 0.4) is 0 Å². The zero-order valence-corrected chi connectivity index (χ0v) is 18.3. The summed E-state index contributed by atoms with van der Waals surface area (Å²) in [4.78, 5) is 19.4. The number of carbonyl (C=O) groups is 1. The van der Waals surface area contributed by atoms with E-state index in [-0.39, 0.29) is 30.1 Å². The zero-order valence-electron chi connectivity index (χ0n) is 17.6. The van der Waals surface area contributed by atoms with E-state index >= 15 is 0 Å². The minimum absolute atomic E-state index is 0.0218. The van der Waals surface area contributed by atoms with Crippen LogP contribution in [0.5, 0.6) is 5.75 Å². The van der Waals surface area contributed by atoms with E-state index in [4.69, 9.17) is 16.3 Å². The van der Waals surface area contributed by atoms with Crippen LogP contribution in [0.15, 0.2) is 42.6 Å². The molecule has 1 aliphatic rings. The largest absolute Gasteiger partial charge is 0.495 e. The van der Waals surface area contributed by atoms with Crippen molar-refractivity contribution in [3.8, 4) is 5.75 Å². The number of hydrogen-bond donors (Lipinski definition) is 3. The number of pyridine rings is 1. The zero-order chi connectivity index (χ0) is 21.7. The molecule has 1 aliphatic heterocycles. The van der Waals surface area contributed by atoms with Crippen molar-refractivity contribution < 1.29 is 14.6 Å². The number of anilines is 1. The highest BCUT2D eigenvalue weighted by Crippen LogP contribution is 2.31. The monoisotopic (exact) mass is 432 g/mol. The standard InChI is InChI=1S/C22H29ClN4O3/c1-22(2,14-28)27-11-10-20(18(13-27)19-9-8-17(30-3)12-24-19)26-21(29)25-16-6-4-15(23)5-7-16/h4-9,12,18,20,28H,10-11,13-14H2,1-3H3,(H2,25,26,29). The predicted molar refractivity (Wildman–Crippen MR) is 118 cm³/mol. The molecule has 2 amide bonds. The average Bonchev–Trinajstić information content (AvgIpc) is 2.75. The van der Waals surface area contributed by atoms with Gasteiger partial charge in [-0.1, -0.05) is 11.6 Å². The number of methoxy groups -OCH3 is 1. The number of aromatic nitrogens is 1. The first kappa shape index (κ1) is 22.3. The van der Waals surface area contributed by atoms with Crippen LogP contribution in [0.25, 0.3) is 0 Å². The smallest absolute Gasteiger partial charge is 0.319 e. The van der Waals surface area contributed by atoms with Gasteiger partial charge in [0.1, 0.15) is 5.75 Å². The molecule has 2 atom stereocenters. The summed E-state index contributed by atoms with van der Waals surface area (Å²) < 4.78 is 5.22. The van der Waals surface area contributed by atoms with Gasteiger partial charge >= 0.3 is 6.03 Å². The summed E-state index contributed by atoms with van der Waals surface area (Å²) in [5, 5.41) is 16.4. The van der Waals surface area contributed by atoms with Crippen LogP contribution in [0.4, 0.5) is 10.5 Å². The van der Waals surface area contributed by atoms with Gasteiger partial charge in [-0.3, -0.25) is 9.88 Å². The number of ether oxygens (including phenoxy) is 1. The Morgan fingerprint density at radius 1 is 1.30 bits per heavy atom. The van der Waals surface area contributed by atoms with Gasteiger partial charge in [-0.25, -0.2) is 4.79 Å². The Morgan fingerprint density at radius 2 is 2.03 bits per heavy atom. The van der Waals surface area contributed by atoms with Crippen molar-refractivity contribution in [2.75, 3.05) is 32.1 Å². The molecular weight excluding hydrogens is 404 g/mol. The van der Waals surface area contributed by atoms with E-state index in [0.29, 0.717) is 23.0 Å². The molecular formula is C22H29ClN4O3. The van der Waals surface area contributed by atoms with E-state index in [1.54, 1.807) is 37.6 Å². The lowest BCUT2D eigenvalue weighted by molar-refractivity contribution is 0.0277. The van der Waals surface area contributed by atoms with Gasteiger partial charge in [0.15, 0.2) is 0 Å². The molecule has 0 saturated carbocycles. The molecule has 3 rings (SSSR count). The first-order valence-corrected chi connectivity index (χ1v) is 10.4. The lowest BCUT2D eigenvalue weighted by atomic mass is 9.86. The Bertz CT molecular complexity index is 842. The van der Waals surface area contributed by atoms with Crippen molar-refractivity contribution in [3.63, 3.8) is 0 Å². The number of hydrogen-bond acceptors (Lipinski definition) is 5. The lowest BCUT2D eigenvalue weighted by Crippen LogP contribution is -2.57. The van der Waals surface area contributed by atoms with Crippen LogP contribution in [0.2, 0.25) is 5.02 Å². The molecule has 2 aromatic rings. The number of rotatable bonds is 6. The molecule has 3 N–H and O–H groups in total. The van der Waals surface area contributed by atoms with Gasteiger partial charge in [-0.05, 0) is 56.7 Å². The maximum atomic E-state index is 12.6. The van der Waals surface area contributed by atoms with E-state index in [2.05, 4.69) is 20.5 Å². The number of piperidine rings is 1. The van der Waals surface area contributed by atoms with E-state index in [0.717, 1.165) is 18.7 Å². The van der Waals surface area contributed by atoms with Gasteiger partial charge in [0, 0.05) is 47.0 Å². The fourth-order valence-corrected chi connectivity index (χ4v) is 3.80. The highest BCUT2D eigenvalue weighted by molar-refractivity contribution is 6.30. The normalized spacial score (nSPS) is 19.9. The number of benzene rings is 1. The molecule has 1 aromatic heterocycles. The Kier molecular flexibility index (Phi) is 7.18. The second-order valence-electron chi connectivity index (χ2n) is 8.15. The average molecular weight is 433 g/mol. The second kappa shape index (κ2) is 9.64. The number of urea groups is 1. The van der Waals surface area contributed by atoms with Gasteiger partial charge in [-0.15, -0.1) is 0 Å². The second-order valence-corrected chi connectivity index (χ2v) is 8.58. The van der Waals surface area contributed by atoms with Crippen LogP contribution in [0, 0.1) is 0 Å². The minimum atomic E-state index is -0.346. The summed E-state index contributed by atoms with van der Waals surface area (Å²) in [7, 11) is 1.61. The number of halogens is 1. The maximum Gasteiger partial charge on any atom is 0.319 e. The lowest BCUT2D eigenvalue weighted by Gasteiger charge is -2.45. The third-order valence-corrected chi connectivity index (χ3v) is 5.90. The van der Waals surface area contributed by atoms with Crippen molar-refractivity contribution in [3.05, 3.63) is 53.3 Å². The molecule has 0 bridgehead atoms. The molecule has 8 heteroatoms. The first-order valence-electron chi connectivity index (χ1n) is 10.0. The summed E-state index contributed by atoms with van der Waals surface area (Å²) in [6, 6.07) is 10.4. The third kappa shape index (κ3) is 5.41. The Hall–Kier alpha value is -2.35. The fourth-order valence-electron chi connectivity index (χ4n) is 3.67. The topological polar surface area (TPSA) is 86.7 Å². The van der Waals surface area contributed by atoms with Crippen molar-refractivity contribution in [1.29, 1.82) is 0 Å². The molecule has 162 valence electrons. The molecule has 1 aromatic carbocycles. The highest BCUT2D eigenvalue weighted by Gasteiger charge is 2.37. The van der Waals surface area contributed by atoms with E-state index < -0.39 is 0 Å². The number of aliphatic hydroxyl groups is 1. The minimum Gasteiger partial charge on any atom is -0.495 e. The quantitative estimate of drug-likeness (QED) is 0.650. The van der Waals surface area contributed by atoms with Crippen LogP contribution in [0.1, 0.15) is 31.9 Å². The molecule has 0 aliphatic carbocycles. The predicted octanol–water partition coefficient (Wildman–Crippen LogP) is 3.49. The molecule has 1 fully saturated rings. The Balaban J connectivity index is 1.76. The van der Waals surface area contributed by atoms with Gasteiger partial charge in [0.2, 0.25) is 0 Å². The number of nitrogens with one attached hydrogen (secondary N) is 2. The van der Waals surface area contributed by atoms with E-state index in [1.165, 1.54) is 0 Å². The van der Waals surface area contributed by atoms with Gasteiger partial charge < -0.3 is 20.5 Å². The number of likely N-dealkylation sites (tertiary alicyclic amines) is 1. The van der Waals surface area contributed by atoms with Crippen molar-refractivity contribution in [2.24, 2.45) is 0 Å². The van der Waals surface area contributed by atoms with Crippen molar-refractivity contribution in [2.45, 2.75) is 37.8 Å². The number of aliphatic hydroxyl groups excluding tert-OH is 1. The summed E-state index contributed by atoms with van der Waals surface area (Å²) in [6.45, 7) is 5.55. The summed E-state index contributed by atoms with van der Waals surface area (Å²) in [5.41, 5.74) is 1.21. The molecule has 0 radical (unpaired) electrons. The first-order chi connectivity index (χ1) is 14.3. The van der Waals surface area contributed by atoms with E-state index in [1.807, 2.05) is 26.0 Å². The van der Waals surface area contributed by atoms with Crippen LogP contribution in [-0.4, -0.2) is 59.4 Å². The number of amides is 2. The summed E-state index contributed by atoms with van der Waals surface area (Å²) in [5.74, 6) is 0.665. The van der Waals surface area contributed by atoms with Crippen LogP contribution >= 0.6 is 11.6 Å². The molecule has 2 heterocycles. The highest BCUT2D eigenvalue weighted by atomic mass is 35.5. The van der Waals surface area contributed by atoms with Gasteiger partial charge in [0.25, 0.3) is 0 Å². The van der Waals surface area contributed by atoms with Crippen molar-refractivity contribution in [1.82, 2.24) is 15.2 Å². The van der Waals surface area contributed by atoms with E-state index in [9.17, 15) is 9.90 Å². The van der Waals surface area contributed by atoms with Crippen molar-refractivity contribution >= 4 is 23.3 Å². The molecule has 7 nitrogen and oxygen atoms in total. The molecule has 1 saturated heterocycles. The maximum absolute atomic E-state index is 12.6. The molecule has 0 spiro atoms. The summed E-state index contributed by atoms with van der Waals surface area (Å²) in [6.07, 6.45) is 2.44. The third-order valence-electron chi connectivity index (χ3n) is 5.65. The Labute approximate surface area is 182 Å². The Morgan fingerprint density at radius 3 is 2.63 bits per heavy atom. The number of carbonyl (C=O) groups excluding carboxylic acids is 1. The molecule has 2 unspecified atom stereocenters. The van der Waals surface area contributed by atoms with Crippen LogP contribution < -0.4 is 15.4 Å². The summed E-state index contributed by atoms with van der Waals surface area (Å²) >= 11 is 5.91. The SMILES string of the molecule is COc1ccc(C2CN(C(C)(C)CO)CCC2NC(=O)Nc2ccc(Cl)cc2)nc1. The fraction of sp³-hybridized carbons (Fsp3) is 0.455. The van der Waals surface area contributed by atoms with Crippen LogP contribution in [-0.2, 0) is 0 Å². The molecule has 30 heavy (non-hydrogen) atoms. The van der Waals surface area contributed by atoms with Gasteiger partial charge in [0.05, 0.1) is 19.9 Å².